The van der Waals surface area contributed by atoms with Crippen molar-refractivity contribution in [3.05, 3.63) is 23.8 Å². The van der Waals surface area contributed by atoms with Crippen LogP contribution in [0.4, 0.5) is 0 Å². The number of piperidine rings is 1. The van der Waals surface area contributed by atoms with Gasteiger partial charge < -0.3 is 9.47 Å². The van der Waals surface area contributed by atoms with Crippen molar-refractivity contribution in [2.45, 2.75) is 38.1 Å². The van der Waals surface area contributed by atoms with Crippen molar-refractivity contribution >= 4 is 0 Å². The number of likely N-dealkylation sites (tertiary alicyclic amines) is 1. The largest absolute Gasteiger partial charge is 0.496 e. The van der Waals surface area contributed by atoms with E-state index in [1.54, 1.807) is 7.11 Å². The van der Waals surface area contributed by atoms with Crippen molar-refractivity contribution in [1.29, 1.82) is 0 Å². The van der Waals surface area contributed by atoms with Crippen LogP contribution in [0.2, 0.25) is 0 Å². The Balaban J connectivity index is 1.95. The topological polar surface area (TPSA) is 21.7 Å². The van der Waals surface area contributed by atoms with Crippen molar-refractivity contribution < 1.29 is 9.47 Å². The van der Waals surface area contributed by atoms with E-state index >= 15 is 0 Å². The minimum atomic E-state index is 0.525. The fourth-order valence-corrected chi connectivity index (χ4v) is 3.62. The number of nitrogens with zero attached hydrogens (tertiary/aromatic N) is 1. The van der Waals surface area contributed by atoms with Gasteiger partial charge in [0.2, 0.25) is 0 Å². The Kier molecular flexibility index (Phi) is 3.65. The second-order valence-electron chi connectivity index (χ2n) is 5.54. The minimum Gasteiger partial charge on any atom is -0.496 e. The Hall–Kier alpha value is -1.22. The molecular formula is C16H23NO2. The standard InChI is InChI=1S/C16H23NO2/c1-3-9-17-10-5-6-12-13(17)11-19-15-8-4-7-14(18-2)16(12)15/h4,7-8,12-13H,3,5-6,9-11H2,1-2H3/t12-,13+/m0/s1. The van der Waals surface area contributed by atoms with Gasteiger partial charge in [0.25, 0.3) is 0 Å². The molecule has 2 aliphatic heterocycles. The van der Waals surface area contributed by atoms with Crippen LogP contribution in [0.3, 0.4) is 0 Å². The van der Waals surface area contributed by atoms with Crippen LogP contribution in [0.5, 0.6) is 11.5 Å². The maximum absolute atomic E-state index is 5.99. The molecule has 3 nitrogen and oxygen atoms in total. The molecule has 1 saturated heterocycles. The van der Waals surface area contributed by atoms with E-state index < -0.39 is 0 Å². The number of benzene rings is 1. The second kappa shape index (κ2) is 5.41. The molecule has 0 unspecified atom stereocenters. The van der Waals surface area contributed by atoms with Gasteiger partial charge in [-0.3, -0.25) is 4.90 Å². The lowest BCUT2D eigenvalue weighted by Gasteiger charge is -2.44. The lowest BCUT2D eigenvalue weighted by molar-refractivity contribution is 0.0646. The molecule has 2 atom stereocenters. The fraction of sp³-hybridized carbons (Fsp3) is 0.625. The lowest BCUT2D eigenvalue weighted by atomic mass is 9.81. The maximum atomic E-state index is 5.99. The summed E-state index contributed by atoms with van der Waals surface area (Å²) in [6, 6.07) is 6.68. The molecule has 0 saturated carbocycles. The molecule has 3 heteroatoms. The number of hydrogen-bond donors (Lipinski definition) is 0. The van der Waals surface area contributed by atoms with Gasteiger partial charge >= 0.3 is 0 Å². The Morgan fingerprint density at radius 1 is 1.42 bits per heavy atom. The first kappa shape index (κ1) is 12.8. The van der Waals surface area contributed by atoms with Crippen molar-refractivity contribution in [2.24, 2.45) is 0 Å². The van der Waals surface area contributed by atoms with Crippen LogP contribution in [0.1, 0.15) is 37.7 Å². The molecule has 104 valence electrons. The van der Waals surface area contributed by atoms with E-state index in [0.29, 0.717) is 12.0 Å². The summed E-state index contributed by atoms with van der Waals surface area (Å²) in [5.41, 5.74) is 1.29. The molecule has 2 heterocycles. The number of rotatable bonds is 3. The number of methoxy groups -OCH3 is 1. The average Bonchev–Trinajstić information content (AvgIpc) is 2.47. The summed E-state index contributed by atoms with van der Waals surface area (Å²) in [4.78, 5) is 2.60. The highest BCUT2D eigenvalue weighted by atomic mass is 16.5. The first-order valence-corrected chi connectivity index (χ1v) is 7.39. The fourth-order valence-electron chi connectivity index (χ4n) is 3.62. The van der Waals surface area contributed by atoms with Gasteiger partial charge in [-0.05, 0) is 44.5 Å². The summed E-state index contributed by atoms with van der Waals surface area (Å²) in [5.74, 6) is 2.59. The summed E-state index contributed by atoms with van der Waals surface area (Å²) in [6.45, 7) is 5.46. The zero-order valence-corrected chi connectivity index (χ0v) is 11.9. The predicted molar refractivity (Wildman–Crippen MR) is 76.1 cm³/mol. The van der Waals surface area contributed by atoms with Crippen LogP contribution >= 0.6 is 0 Å². The van der Waals surface area contributed by atoms with Crippen molar-refractivity contribution in [1.82, 2.24) is 4.90 Å². The normalized spacial score (nSPS) is 26.2. The molecule has 0 radical (unpaired) electrons. The Bertz CT molecular complexity index is 430. The van der Waals surface area contributed by atoms with Crippen molar-refractivity contribution in [3.8, 4) is 11.5 Å². The van der Waals surface area contributed by atoms with E-state index in [1.165, 1.54) is 37.9 Å². The third-order valence-corrected chi connectivity index (χ3v) is 4.43. The van der Waals surface area contributed by atoms with Gasteiger partial charge in [0, 0.05) is 11.5 Å². The maximum Gasteiger partial charge on any atom is 0.126 e. The predicted octanol–water partition coefficient (Wildman–Crippen LogP) is 3.05. The molecule has 0 aliphatic carbocycles. The minimum absolute atomic E-state index is 0.525. The molecule has 1 aromatic carbocycles. The highest BCUT2D eigenvalue weighted by Crippen LogP contribution is 2.45. The molecule has 0 N–H and O–H groups in total. The molecule has 1 fully saturated rings. The lowest BCUT2D eigenvalue weighted by Crippen LogP contribution is -2.49. The van der Waals surface area contributed by atoms with Gasteiger partial charge in [-0.2, -0.15) is 0 Å². The molecule has 0 aromatic heterocycles. The van der Waals surface area contributed by atoms with Crippen LogP contribution < -0.4 is 9.47 Å². The van der Waals surface area contributed by atoms with Crippen molar-refractivity contribution in [3.63, 3.8) is 0 Å². The Morgan fingerprint density at radius 2 is 2.32 bits per heavy atom. The molecule has 2 aliphatic rings. The van der Waals surface area contributed by atoms with Crippen LogP contribution in [-0.2, 0) is 0 Å². The van der Waals surface area contributed by atoms with Crippen molar-refractivity contribution in [2.75, 3.05) is 26.8 Å². The average molecular weight is 261 g/mol. The third-order valence-electron chi connectivity index (χ3n) is 4.43. The summed E-state index contributed by atoms with van der Waals surface area (Å²) in [7, 11) is 1.76. The summed E-state index contributed by atoms with van der Waals surface area (Å²) in [6.07, 6.45) is 3.74. The molecule has 19 heavy (non-hydrogen) atoms. The first-order valence-electron chi connectivity index (χ1n) is 7.39. The van der Waals surface area contributed by atoms with E-state index in [0.717, 1.165) is 18.1 Å². The monoisotopic (exact) mass is 261 g/mol. The van der Waals surface area contributed by atoms with Gasteiger partial charge in [-0.25, -0.2) is 0 Å². The van der Waals surface area contributed by atoms with Gasteiger partial charge in [0.1, 0.15) is 18.1 Å². The SMILES string of the molecule is CCCN1CCC[C@@H]2c3c(OC)cccc3OC[C@H]21. The molecule has 0 amide bonds. The number of hydrogen-bond acceptors (Lipinski definition) is 3. The third kappa shape index (κ3) is 2.20. The van der Waals surface area contributed by atoms with E-state index in [-0.39, 0.29) is 0 Å². The number of fused-ring (bicyclic) bond motifs is 3. The Labute approximate surface area is 115 Å². The second-order valence-corrected chi connectivity index (χ2v) is 5.54. The van der Waals surface area contributed by atoms with E-state index in [1.807, 2.05) is 6.07 Å². The van der Waals surface area contributed by atoms with Gasteiger partial charge in [0.05, 0.1) is 13.2 Å². The number of ether oxygens (including phenoxy) is 2. The molecule has 0 bridgehead atoms. The van der Waals surface area contributed by atoms with Crippen LogP contribution in [0.15, 0.2) is 18.2 Å². The molecule has 3 rings (SSSR count). The van der Waals surface area contributed by atoms with Crippen LogP contribution in [0.25, 0.3) is 0 Å². The molecule has 1 aromatic rings. The summed E-state index contributed by atoms with van der Waals surface area (Å²) >= 11 is 0. The molecular weight excluding hydrogens is 238 g/mol. The Morgan fingerprint density at radius 3 is 3.11 bits per heavy atom. The highest BCUT2D eigenvalue weighted by Gasteiger charge is 2.38. The quantitative estimate of drug-likeness (QED) is 0.834. The zero-order chi connectivity index (χ0) is 13.2. The smallest absolute Gasteiger partial charge is 0.126 e. The first-order chi connectivity index (χ1) is 9.35. The highest BCUT2D eigenvalue weighted by molar-refractivity contribution is 5.49. The van der Waals surface area contributed by atoms with Gasteiger partial charge in [-0.15, -0.1) is 0 Å². The summed E-state index contributed by atoms with van der Waals surface area (Å²) in [5, 5.41) is 0. The van der Waals surface area contributed by atoms with Crippen LogP contribution in [0, 0.1) is 0 Å². The zero-order valence-electron chi connectivity index (χ0n) is 11.9. The summed E-state index contributed by atoms with van der Waals surface area (Å²) < 4.78 is 11.5. The van der Waals surface area contributed by atoms with E-state index in [4.69, 9.17) is 9.47 Å². The van der Waals surface area contributed by atoms with Crippen LogP contribution in [-0.4, -0.2) is 37.7 Å². The van der Waals surface area contributed by atoms with Gasteiger partial charge in [0.15, 0.2) is 0 Å². The molecule has 0 spiro atoms. The van der Waals surface area contributed by atoms with E-state index in [9.17, 15) is 0 Å². The van der Waals surface area contributed by atoms with Gasteiger partial charge in [-0.1, -0.05) is 13.0 Å². The van der Waals surface area contributed by atoms with E-state index in [2.05, 4.69) is 24.0 Å².